The number of H-pyrrole nitrogens is 1. The van der Waals surface area contributed by atoms with E-state index in [-0.39, 0.29) is 29.1 Å². The summed E-state index contributed by atoms with van der Waals surface area (Å²) < 4.78 is 0. The summed E-state index contributed by atoms with van der Waals surface area (Å²) >= 11 is 0. The van der Waals surface area contributed by atoms with E-state index < -0.39 is 16.4 Å². The maximum Gasteiger partial charge on any atom is 0.270 e. The lowest BCUT2D eigenvalue weighted by molar-refractivity contribution is -0.384. The SMILES string of the molecule is CN(C(=O)c1ccncc1)c1ccc(CNC(=O)c2cc(=O)[nH]c3ccc([N+](=O)[O-])cc23)cc1. The van der Waals surface area contributed by atoms with Crippen molar-refractivity contribution in [2.45, 2.75) is 6.54 Å². The molecule has 34 heavy (non-hydrogen) atoms. The molecule has 2 N–H and O–H groups in total. The highest BCUT2D eigenvalue weighted by Gasteiger charge is 2.16. The van der Waals surface area contributed by atoms with Crippen molar-refractivity contribution in [3.05, 3.63) is 110 Å². The van der Waals surface area contributed by atoms with Gasteiger partial charge in [-0.3, -0.25) is 29.5 Å². The fraction of sp³-hybridized carbons (Fsp3) is 0.0833. The second-order valence-corrected chi connectivity index (χ2v) is 7.48. The number of aromatic nitrogens is 2. The van der Waals surface area contributed by atoms with Crippen LogP contribution in [0.4, 0.5) is 11.4 Å². The van der Waals surface area contributed by atoms with E-state index in [4.69, 9.17) is 0 Å². The minimum atomic E-state index is -0.565. The Morgan fingerprint density at radius 1 is 1.06 bits per heavy atom. The van der Waals surface area contributed by atoms with Crippen molar-refractivity contribution in [2.24, 2.45) is 0 Å². The molecule has 4 aromatic rings. The Balaban J connectivity index is 1.49. The third-order valence-electron chi connectivity index (χ3n) is 5.29. The van der Waals surface area contributed by atoms with E-state index >= 15 is 0 Å². The van der Waals surface area contributed by atoms with Crippen LogP contribution >= 0.6 is 0 Å². The Morgan fingerprint density at radius 2 is 1.76 bits per heavy atom. The fourth-order valence-corrected chi connectivity index (χ4v) is 3.46. The van der Waals surface area contributed by atoms with Gasteiger partial charge in [-0.2, -0.15) is 0 Å². The Bertz CT molecular complexity index is 1450. The van der Waals surface area contributed by atoms with Gasteiger partial charge in [0, 0.05) is 66.3 Å². The zero-order valence-electron chi connectivity index (χ0n) is 18.0. The lowest BCUT2D eigenvalue weighted by Gasteiger charge is -2.18. The van der Waals surface area contributed by atoms with Crippen LogP contribution in [0.1, 0.15) is 26.3 Å². The van der Waals surface area contributed by atoms with Crippen LogP contribution in [0.2, 0.25) is 0 Å². The van der Waals surface area contributed by atoms with Gasteiger partial charge in [-0.25, -0.2) is 0 Å². The number of nitro benzene ring substituents is 1. The Kier molecular flexibility index (Phi) is 6.13. The van der Waals surface area contributed by atoms with Crippen LogP contribution in [0.3, 0.4) is 0 Å². The molecule has 0 radical (unpaired) electrons. The van der Waals surface area contributed by atoms with Gasteiger partial charge in [0.1, 0.15) is 0 Å². The molecule has 0 saturated carbocycles. The number of amides is 2. The predicted molar refractivity (Wildman–Crippen MR) is 126 cm³/mol. The van der Waals surface area contributed by atoms with Gasteiger partial charge in [0.05, 0.1) is 10.5 Å². The molecule has 4 rings (SSSR count). The molecular formula is C24H19N5O5. The molecule has 2 aromatic heterocycles. The molecule has 0 spiro atoms. The second kappa shape index (κ2) is 9.33. The number of carbonyl (C=O) groups excluding carboxylic acids is 2. The number of nitrogens with one attached hydrogen (secondary N) is 2. The molecule has 0 bridgehead atoms. The Hall–Kier alpha value is -4.86. The van der Waals surface area contributed by atoms with Crippen LogP contribution in [-0.2, 0) is 6.54 Å². The van der Waals surface area contributed by atoms with Gasteiger partial charge in [-0.05, 0) is 35.9 Å². The van der Waals surface area contributed by atoms with Gasteiger partial charge in [0.2, 0.25) is 5.56 Å². The van der Waals surface area contributed by atoms with Gasteiger partial charge in [0.25, 0.3) is 17.5 Å². The first-order valence-electron chi connectivity index (χ1n) is 10.2. The van der Waals surface area contributed by atoms with Crippen molar-refractivity contribution in [3.8, 4) is 0 Å². The van der Waals surface area contributed by atoms with Gasteiger partial charge in [-0.1, -0.05) is 12.1 Å². The third-order valence-corrected chi connectivity index (χ3v) is 5.29. The maximum atomic E-state index is 12.8. The molecule has 0 aliphatic carbocycles. The van der Waals surface area contributed by atoms with Crippen molar-refractivity contribution in [1.82, 2.24) is 15.3 Å². The van der Waals surface area contributed by atoms with E-state index in [1.165, 1.54) is 23.1 Å². The number of anilines is 1. The van der Waals surface area contributed by atoms with Crippen molar-refractivity contribution >= 4 is 34.1 Å². The van der Waals surface area contributed by atoms with Crippen LogP contribution in [-0.4, -0.2) is 33.8 Å². The standard InChI is InChI=1S/C24H19N5O5/c1-28(24(32)16-8-10-25-11-9-16)17-4-2-15(3-5-17)14-26-23(31)20-13-22(30)27-21-7-6-18(29(33)34)12-19(20)21/h2-13H,14H2,1H3,(H,26,31)(H,27,30). The molecule has 10 heteroatoms. The zero-order chi connectivity index (χ0) is 24.2. The monoisotopic (exact) mass is 457 g/mol. The molecule has 2 amide bonds. The normalized spacial score (nSPS) is 10.6. The number of hydrogen-bond donors (Lipinski definition) is 2. The summed E-state index contributed by atoms with van der Waals surface area (Å²) in [4.78, 5) is 55.8. The topological polar surface area (TPSA) is 138 Å². The molecule has 170 valence electrons. The summed E-state index contributed by atoms with van der Waals surface area (Å²) in [6.45, 7) is 0.157. The first kappa shape index (κ1) is 22.3. The van der Waals surface area contributed by atoms with Crippen LogP contribution in [0.15, 0.2) is 77.9 Å². The van der Waals surface area contributed by atoms with E-state index in [1.807, 2.05) is 0 Å². The van der Waals surface area contributed by atoms with Gasteiger partial charge in [0.15, 0.2) is 0 Å². The van der Waals surface area contributed by atoms with E-state index in [0.717, 1.165) is 11.6 Å². The van der Waals surface area contributed by atoms with E-state index in [2.05, 4.69) is 15.3 Å². The van der Waals surface area contributed by atoms with E-state index in [0.29, 0.717) is 16.8 Å². The molecule has 2 heterocycles. The van der Waals surface area contributed by atoms with Crippen LogP contribution < -0.4 is 15.8 Å². The number of aromatic amines is 1. The van der Waals surface area contributed by atoms with Gasteiger partial charge < -0.3 is 15.2 Å². The summed E-state index contributed by atoms with van der Waals surface area (Å²) in [6.07, 6.45) is 3.10. The highest BCUT2D eigenvalue weighted by atomic mass is 16.6. The van der Waals surface area contributed by atoms with Crippen molar-refractivity contribution in [1.29, 1.82) is 0 Å². The van der Waals surface area contributed by atoms with E-state index in [9.17, 15) is 24.5 Å². The van der Waals surface area contributed by atoms with E-state index in [1.54, 1.807) is 55.8 Å². The number of benzene rings is 2. The number of rotatable bonds is 6. The summed E-state index contributed by atoms with van der Waals surface area (Å²) in [5, 5.41) is 14.1. The van der Waals surface area contributed by atoms with Crippen LogP contribution in [0, 0.1) is 10.1 Å². The summed E-state index contributed by atoms with van der Waals surface area (Å²) in [6, 6.07) is 15.4. The number of nitrogens with zero attached hydrogens (tertiary/aromatic N) is 3. The minimum absolute atomic E-state index is 0.0433. The first-order valence-corrected chi connectivity index (χ1v) is 10.2. The van der Waals surface area contributed by atoms with Crippen LogP contribution in [0.25, 0.3) is 10.9 Å². The first-order chi connectivity index (χ1) is 16.3. The summed E-state index contributed by atoms with van der Waals surface area (Å²) in [5.74, 6) is -0.718. The molecule has 0 saturated heterocycles. The number of fused-ring (bicyclic) bond motifs is 1. The summed E-state index contributed by atoms with van der Waals surface area (Å²) in [5.41, 5.74) is 1.65. The Morgan fingerprint density at radius 3 is 2.44 bits per heavy atom. The average molecular weight is 457 g/mol. The highest BCUT2D eigenvalue weighted by molar-refractivity contribution is 6.07. The minimum Gasteiger partial charge on any atom is -0.348 e. The molecular weight excluding hydrogens is 438 g/mol. The fourth-order valence-electron chi connectivity index (χ4n) is 3.46. The predicted octanol–water partition coefficient (Wildman–Crippen LogP) is 3.04. The maximum absolute atomic E-state index is 12.8. The number of pyridine rings is 2. The van der Waals surface area contributed by atoms with Crippen molar-refractivity contribution in [3.63, 3.8) is 0 Å². The Labute approximate surface area is 193 Å². The molecule has 0 fully saturated rings. The second-order valence-electron chi connectivity index (χ2n) is 7.48. The largest absolute Gasteiger partial charge is 0.348 e. The van der Waals surface area contributed by atoms with Crippen molar-refractivity contribution in [2.75, 3.05) is 11.9 Å². The molecule has 2 aromatic carbocycles. The van der Waals surface area contributed by atoms with Gasteiger partial charge >= 0.3 is 0 Å². The lowest BCUT2D eigenvalue weighted by atomic mass is 10.1. The highest BCUT2D eigenvalue weighted by Crippen LogP contribution is 2.22. The molecule has 0 aliphatic heterocycles. The van der Waals surface area contributed by atoms with Gasteiger partial charge in [-0.15, -0.1) is 0 Å². The molecule has 0 aliphatic rings. The molecule has 10 nitrogen and oxygen atoms in total. The summed E-state index contributed by atoms with van der Waals surface area (Å²) in [7, 11) is 1.66. The number of non-ortho nitro benzene ring substituents is 1. The molecule has 0 atom stereocenters. The van der Waals surface area contributed by atoms with Crippen LogP contribution in [0.5, 0.6) is 0 Å². The number of carbonyl (C=O) groups is 2. The third kappa shape index (κ3) is 4.65. The molecule has 0 unspecified atom stereocenters. The van der Waals surface area contributed by atoms with Crippen molar-refractivity contribution < 1.29 is 14.5 Å². The zero-order valence-corrected chi connectivity index (χ0v) is 18.0. The quantitative estimate of drug-likeness (QED) is 0.337. The number of nitro groups is 1. The smallest absolute Gasteiger partial charge is 0.270 e. The average Bonchev–Trinajstić information content (AvgIpc) is 2.86. The lowest BCUT2D eigenvalue weighted by Crippen LogP contribution is -2.26. The number of hydrogen-bond acceptors (Lipinski definition) is 6.